The van der Waals surface area contributed by atoms with Crippen LogP contribution in [0.3, 0.4) is 0 Å². The van der Waals surface area contributed by atoms with Gasteiger partial charge in [-0.3, -0.25) is 15.4 Å². The molecule has 1 aromatic heterocycles. The Morgan fingerprint density at radius 2 is 2.11 bits per heavy atom. The highest BCUT2D eigenvalue weighted by Gasteiger charge is 2.08. The second-order valence-corrected chi connectivity index (χ2v) is 3.61. The van der Waals surface area contributed by atoms with Crippen LogP contribution >= 0.6 is 0 Å². The summed E-state index contributed by atoms with van der Waals surface area (Å²) in [5, 5.41) is 5.14. The molecule has 1 aromatic rings. The summed E-state index contributed by atoms with van der Waals surface area (Å²) < 4.78 is 0. The quantitative estimate of drug-likeness (QED) is 0.407. The summed E-state index contributed by atoms with van der Waals surface area (Å²) in [5.41, 5.74) is 3.25. The van der Waals surface area contributed by atoms with E-state index >= 15 is 0 Å². The first kappa shape index (κ1) is 13.9. The Hall–Kier alpha value is -2.15. The lowest BCUT2D eigenvalue weighted by atomic mass is 10.3. The van der Waals surface area contributed by atoms with Gasteiger partial charge in [0.2, 0.25) is 5.91 Å². The van der Waals surface area contributed by atoms with Crippen LogP contribution < -0.4 is 21.9 Å². The SMILES string of the molecule is CCCNC(=O)CNC(=O)c1ccc(NN)cn1. The van der Waals surface area contributed by atoms with Crippen LogP contribution in [-0.2, 0) is 4.79 Å². The molecule has 0 bridgehead atoms. The topological polar surface area (TPSA) is 109 Å². The van der Waals surface area contributed by atoms with E-state index in [0.29, 0.717) is 12.2 Å². The van der Waals surface area contributed by atoms with Crippen LogP contribution in [0.4, 0.5) is 5.69 Å². The van der Waals surface area contributed by atoms with Crippen molar-refractivity contribution in [3.05, 3.63) is 24.0 Å². The summed E-state index contributed by atoms with van der Waals surface area (Å²) in [5.74, 6) is 4.56. The third-order valence-electron chi connectivity index (χ3n) is 2.14. The Morgan fingerprint density at radius 3 is 2.67 bits per heavy atom. The zero-order chi connectivity index (χ0) is 13.4. The average Bonchev–Trinajstić information content (AvgIpc) is 2.42. The summed E-state index contributed by atoms with van der Waals surface area (Å²) in [4.78, 5) is 26.8. The molecule has 0 aromatic carbocycles. The molecule has 0 aliphatic heterocycles. The van der Waals surface area contributed by atoms with Gasteiger partial charge >= 0.3 is 0 Å². The van der Waals surface area contributed by atoms with Gasteiger partial charge in [-0.1, -0.05) is 6.92 Å². The standard InChI is InChI=1S/C11H17N5O2/c1-2-5-13-10(17)7-15-11(18)9-4-3-8(16-12)6-14-9/h3-4,6,16H,2,5,7,12H2,1H3,(H,13,17)(H,15,18). The monoisotopic (exact) mass is 251 g/mol. The molecule has 98 valence electrons. The predicted octanol–water partition coefficient (Wildman–Crippen LogP) is -0.377. The number of nitrogens with zero attached hydrogens (tertiary/aromatic N) is 1. The van der Waals surface area contributed by atoms with E-state index in [9.17, 15) is 9.59 Å². The fourth-order valence-electron chi connectivity index (χ4n) is 1.19. The van der Waals surface area contributed by atoms with Gasteiger partial charge in [0, 0.05) is 6.54 Å². The third kappa shape index (κ3) is 4.38. The zero-order valence-corrected chi connectivity index (χ0v) is 10.2. The van der Waals surface area contributed by atoms with Crippen LogP contribution in [0.25, 0.3) is 0 Å². The van der Waals surface area contributed by atoms with Gasteiger partial charge in [-0.15, -0.1) is 0 Å². The van der Waals surface area contributed by atoms with Gasteiger partial charge in [-0.2, -0.15) is 0 Å². The predicted molar refractivity (Wildman–Crippen MR) is 67.7 cm³/mol. The maximum atomic E-state index is 11.6. The molecule has 7 heteroatoms. The van der Waals surface area contributed by atoms with Crippen molar-refractivity contribution in [1.82, 2.24) is 15.6 Å². The molecule has 0 saturated heterocycles. The van der Waals surface area contributed by atoms with Crippen molar-refractivity contribution in [2.24, 2.45) is 5.84 Å². The molecule has 2 amide bonds. The van der Waals surface area contributed by atoms with E-state index in [1.54, 1.807) is 6.07 Å². The summed E-state index contributed by atoms with van der Waals surface area (Å²) in [7, 11) is 0. The first-order chi connectivity index (χ1) is 8.67. The lowest BCUT2D eigenvalue weighted by Gasteiger charge is -2.06. The van der Waals surface area contributed by atoms with Crippen molar-refractivity contribution in [2.75, 3.05) is 18.5 Å². The normalized spacial score (nSPS) is 9.67. The number of carbonyl (C=O) groups is 2. The van der Waals surface area contributed by atoms with Crippen molar-refractivity contribution in [3.63, 3.8) is 0 Å². The lowest BCUT2D eigenvalue weighted by molar-refractivity contribution is -0.120. The second-order valence-electron chi connectivity index (χ2n) is 3.61. The second kappa shape index (κ2) is 7.23. The minimum atomic E-state index is -0.398. The highest BCUT2D eigenvalue weighted by Crippen LogP contribution is 2.03. The van der Waals surface area contributed by atoms with Crippen LogP contribution in [-0.4, -0.2) is 29.9 Å². The van der Waals surface area contributed by atoms with E-state index in [4.69, 9.17) is 5.84 Å². The Balaban J connectivity index is 2.42. The Bertz CT molecular complexity index is 404. The van der Waals surface area contributed by atoms with Crippen LogP contribution in [0, 0.1) is 0 Å². The summed E-state index contributed by atoms with van der Waals surface area (Å²) in [6, 6.07) is 3.15. The van der Waals surface area contributed by atoms with Crippen molar-refractivity contribution in [3.8, 4) is 0 Å². The Labute approximate surface area is 105 Å². The van der Waals surface area contributed by atoms with Crippen LogP contribution in [0.15, 0.2) is 18.3 Å². The van der Waals surface area contributed by atoms with Crippen LogP contribution in [0.1, 0.15) is 23.8 Å². The molecule has 7 nitrogen and oxygen atoms in total. The molecule has 18 heavy (non-hydrogen) atoms. The number of aromatic nitrogens is 1. The van der Waals surface area contributed by atoms with E-state index in [1.165, 1.54) is 12.3 Å². The molecule has 1 heterocycles. The molecule has 0 aliphatic carbocycles. The lowest BCUT2D eigenvalue weighted by Crippen LogP contribution is -2.37. The molecule has 0 fully saturated rings. The molecule has 0 saturated carbocycles. The zero-order valence-electron chi connectivity index (χ0n) is 10.2. The van der Waals surface area contributed by atoms with E-state index < -0.39 is 5.91 Å². The van der Waals surface area contributed by atoms with E-state index in [0.717, 1.165) is 6.42 Å². The number of anilines is 1. The number of hydrazine groups is 1. The smallest absolute Gasteiger partial charge is 0.270 e. The minimum Gasteiger partial charge on any atom is -0.355 e. The first-order valence-electron chi connectivity index (χ1n) is 5.65. The van der Waals surface area contributed by atoms with E-state index in [1.807, 2.05) is 6.92 Å². The molecule has 1 rings (SSSR count). The number of rotatable bonds is 6. The van der Waals surface area contributed by atoms with Crippen molar-refractivity contribution in [2.45, 2.75) is 13.3 Å². The van der Waals surface area contributed by atoms with Crippen LogP contribution in [0.5, 0.6) is 0 Å². The minimum absolute atomic E-state index is 0.0581. The highest BCUT2D eigenvalue weighted by molar-refractivity contribution is 5.94. The number of nitrogen functional groups attached to an aromatic ring is 1. The fourth-order valence-corrected chi connectivity index (χ4v) is 1.19. The summed E-state index contributed by atoms with van der Waals surface area (Å²) in [6.45, 7) is 2.50. The maximum absolute atomic E-state index is 11.6. The molecule has 0 unspecified atom stereocenters. The molecular weight excluding hydrogens is 234 g/mol. The van der Waals surface area contributed by atoms with Crippen LogP contribution in [0.2, 0.25) is 0 Å². The van der Waals surface area contributed by atoms with Gasteiger partial charge in [0.25, 0.3) is 5.91 Å². The van der Waals surface area contributed by atoms with Gasteiger partial charge in [0.05, 0.1) is 18.4 Å². The number of nitrogens with two attached hydrogens (primary N) is 1. The number of hydrogen-bond acceptors (Lipinski definition) is 5. The van der Waals surface area contributed by atoms with Crippen molar-refractivity contribution >= 4 is 17.5 Å². The molecule has 0 radical (unpaired) electrons. The molecule has 0 spiro atoms. The largest absolute Gasteiger partial charge is 0.355 e. The maximum Gasteiger partial charge on any atom is 0.270 e. The number of pyridine rings is 1. The molecular formula is C11H17N5O2. The van der Waals surface area contributed by atoms with E-state index in [2.05, 4.69) is 21.0 Å². The van der Waals surface area contributed by atoms with Gasteiger partial charge in [-0.05, 0) is 18.6 Å². The average molecular weight is 251 g/mol. The molecule has 0 atom stereocenters. The number of hydrogen-bond donors (Lipinski definition) is 4. The number of amides is 2. The number of nitrogens with one attached hydrogen (secondary N) is 3. The summed E-state index contributed by atoms with van der Waals surface area (Å²) >= 11 is 0. The first-order valence-corrected chi connectivity index (χ1v) is 5.65. The fraction of sp³-hybridized carbons (Fsp3) is 0.364. The number of carbonyl (C=O) groups excluding carboxylic acids is 2. The van der Waals surface area contributed by atoms with Crippen molar-refractivity contribution in [1.29, 1.82) is 0 Å². The van der Waals surface area contributed by atoms with Gasteiger partial charge in [0.15, 0.2) is 0 Å². The van der Waals surface area contributed by atoms with Gasteiger partial charge in [-0.25, -0.2) is 4.98 Å². The van der Waals surface area contributed by atoms with Gasteiger partial charge < -0.3 is 16.1 Å². The highest BCUT2D eigenvalue weighted by atomic mass is 16.2. The Morgan fingerprint density at radius 1 is 1.33 bits per heavy atom. The van der Waals surface area contributed by atoms with E-state index in [-0.39, 0.29) is 18.1 Å². The molecule has 0 aliphatic rings. The molecule has 5 N–H and O–H groups in total. The van der Waals surface area contributed by atoms with Crippen molar-refractivity contribution < 1.29 is 9.59 Å². The third-order valence-corrected chi connectivity index (χ3v) is 2.14. The summed E-state index contributed by atoms with van der Waals surface area (Å²) in [6.07, 6.45) is 2.29. The van der Waals surface area contributed by atoms with Gasteiger partial charge in [0.1, 0.15) is 5.69 Å². The Kier molecular flexibility index (Phi) is 5.59.